The zero-order chi connectivity index (χ0) is 16.1. The molecule has 122 valence electrons. The fourth-order valence-corrected chi connectivity index (χ4v) is 3.95. The normalized spacial score (nSPS) is 38.2. The Morgan fingerprint density at radius 1 is 1.32 bits per heavy atom. The van der Waals surface area contributed by atoms with Crippen LogP contribution >= 0.6 is 0 Å². The third-order valence-electron chi connectivity index (χ3n) is 4.58. The van der Waals surface area contributed by atoms with Crippen LogP contribution in [0.2, 0.25) is 0 Å². The summed E-state index contributed by atoms with van der Waals surface area (Å²) < 4.78 is 41.2. The van der Waals surface area contributed by atoms with E-state index >= 15 is 0 Å². The highest BCUT2D eigenvalue weighted by atomic mass is 32.2. The average molecular weight is 328 g/mol. The highest BCUT2D eigenvalue weighted by Gasteiger charge is 2.57. The second-order valence-electron chi connectivity index (χ2n) is 6.17. The molecule has 2 saturated heterocycles. The van der Waals surface area contributed by atoms with Crippen molar-refractivity contribution in [1.29, 1.82) is 0 Å². The van der Waals surface area contributed by atoms with Crippen molar-refractivity contribution in [2.24, 2.45) is 5.92 Å². The number of hydrogen-bond acceptors (Lipinski definition) is 6. The Morgan fingerprint density at radius 3 is 2.59 bits per heavy atom. The number of benzene rings is 1. The fraction of sp³-hybridized carbons (Fsp3) is 0.600. The maximum Gasteiger partial charge on any atom is 0.297 e. The smallest absolute Gasteiger partial charge is 0.297 e. The van der Waals surface area contributed by atoms with E-state index in [1.807, 2.05) is 6.92 Å². The average Bonchev–Trinajstić information content (AvgIpc) is 2.90. The number of aryl methyl sites for hydroxylation is 1. The lowest BCUT2D eigenvalue weighted by Gasteiger charge is -2.43. The molecule has 6 nitrogen and oxygen atoms in total. The predicted octanol–water partition coefficient (Wildman–Crippen LogP) is 1.21. The van der Waals surface area contributed by atoms with Crippen LogP contribution in [0.3, 0.4) is 0 Å². The van der Waals surface area contributed by atoms with Crippen LogP contribution in [-0.4, -0.2) is 44.2 Å². The van der Waals surface area contributed by atoms with Crippen molar-refractivity contribution in [3.63, 3.8) is 0 Å². The molecule has 1 N–H and O–H groups in total. The lowest BCUT2D eigenvalue weighted by molar-refractivity contribution is -0.238. The molecule has 2 heterocycles. The van der Waals surface area contributed by atoms with E-state index < -0.39 is 28.1 Å². The maximum absolute atomic E-state index is 12.4. The van der Waals surface area contributed by atoms with Gasteiger partial charge < -0.3 is 14.6 Å². The minimum Gasteiger partial charge on any atom is -0.387 e. The van der Waals surface area contributed by atoms with E-state index in [-0.39, 0.29) is 16.9 Å². The van der Waals surface area contributed by atoms with E-state index in [0.717, 1.165) is 5.56 Å². The molecule has 0 aromatic heterocycles. The zero-order valence-corrected chi connectivity index (χ0v) is 13.5. The minimum atomic E-state index is -4.02. The molecule has 2 bridgehead atoms. The van der Waals surface area contributed by atoms with E-state index in [0.29, 0.717) is 6.61 Å². The highest BCUT2D eigenvalue weighted by Crippen LogP contribution is 2.41. The van der Waals surface area contributed by atoms with Crippen molar-refractivity contribution < 1.29 is 27.2 Å². The molecule has 3 rings (SSSR count). The molecule has 2 aliphatic heterocycles. The van der Waals surface area contributed by atoms with Crippen LogP contribution in [0, 0.1) is 12.8 Å². The molecule has 22 heavy (non-hydrogen) atoms. The van der Waals surface area contributed by atoms with Crippen LogP contribution in [0.25, 0.3) is 0 Å². The Bertz CT molecular complexity index is 651. The highest BCUT2D eigenvalue weighted by molar-refractivity contribution is 7.86. The molecule has 1 aromatic rings. The Labute approximate surface area is 130 Å². The summed E-state index contributed by atoms with van der Waals surface area (Å²) in [5.41, 5.74) is -0.412. The van der Waals surface area contributed by atoms with Gasteiger partial charge in [0.05, 0.1) is 23.2 Å². The fourth-order valence-electron chi connectivity index (χ4n) is 2.81. The van der Waals surface area contributed by atoms with E-state index in [9.17, 15) is 13.5 Å². The van der Waals surface area contributed by atoms with Crippen molar-refractivity contribution in [3.8, 4) is 0 Å². The lowest BCUT2D eigenvalue weighted by Crippen LogP contribution is -2.59. The van der Waals surface area contributed by atoms with Gasteiger partial charge in [-0.15, -0.1) is 0 Å². The van der Waals surface area contributed by atoms with Gasteiger partial charge in [0.25, 0.3) is 10.1 Å². The summed E-state index contributed by atoms with van der Waals surface area (Å²) in [6.45, 7) is 5.55. The van der Waals surface area contributed by atoms with Crippen LogP contribution in [0.5, 0.6) is 0 Å². The lowest BCUT2D eigenvalue weighted by atomic mass is 9.80. The van der Waals surface area contributed by atoms with Gasteiger partial charge in [0.2, 0.25) is 0 Å². The van der Waals surface area contributed by atoms with Crippen LogP contribution in [0.1, 0.15) is 19.4 Å². The summed E-state index contributed by atoms with van der Waals surface area (Å²) in [7, 11) is -4.02. The number of aliphatic hydroxyl groups is 1. The molecule has 2 aliphatic rings. The molecule has 5 atom stereocenters. The van der Waals surface area contributed by atoms with Crippen LogP contribution in [0.4, 0.5) is 0 Å². The van der Waals surface area contributed by atoms with Gasteiger partial charge in [-0.05, 0) is 26.0 Å². The molecular weight excluding hydrogens is 308 g/mol. The minimum absolute atomic E-state index is 0.0432. The molecule has 0 radical (unpaired) electrons. The summed E-state index contributed by atoms with van der Waals surface area (Å²) in [6.07, 6.45) is -2.23. The van der Waals surface area contributed by atoms with Crippen molar-refractivity contribution in [2.75, 3.05) is 6.61 Å². The first kappa shape index (κ1) is 15.9. The molecular formula is C15H20O6S. The van der Waals surface area contributed by atoms with Crippen molar-refractivity contribution in [2.45, 2.75) is 49.8 Å². The van der Waals surface area contributed by atoms with Crippen LogP contribution in [0.15, 0.2) is 29.2 Å². The molecule has 0 amide bonds. The Morgan fingerprint density at radius 2 is 1.95 bits per heavy atom. The quantitative estimate of drug-likeness (QED) is 0.840. The van der Waals surface area contributed by atoms with E-state index in [4.69, 9.17) is 13.7 Å². The Hall–Kier alpha value is -0.990. The SMILES string of the molecule is Cc1ccc(S(=O)(=O)O[C@@H]2[C@@H]3OC[C@@H](O3)[C@H](C)[C@]2(C)O)cc1. The third kappa shape index (κ3) is 2.57. The molecule has 7 heteroatoms. The molecule has 0 aliphatic carbocycles. The van der Waals surface area contributed by atoms with Crippen LogP contribution in [-0.2, 0) is 23.8 Å². The van der Waals surface area contributed by atoms with Crippen LogP contribution < -0.4 is 0 Å². The molecule has 0 unspecified atom stereocenters. The van der Waals surface area contributed by atoms with Gasteiger partial charge in [-0.1, -0.05) is 24.6 Å². The van der Waals surface area contributed by atoms with Gasteiger partial charge in [-0.25, -0.2) is 0 Å². The molecule has 2 fully saturated rings. The summed E-state index contributed by atoms with van der Waals surface area (Å²) >= 11 is 0. The van der Waals surface area contributed by atoms with Crippen molar-refractivity contribution >= 4 is 10.1 Å². The number of ether oxygens (including phenoxy) is 2. The van der Waals surface area contributed by atoms with Gasteiger partial charge in [-0.3, -0.25) is 4.18 Å². The standard InChI is InChI=1S/C15H20O6S/c1-9-4-6-11(7-5-9)22(17,18)21-13-14-19-8-12(20-14)10(2)15(13,3)16/h4-7,10,12-14,16H,8H2,1-3H3/t10-,12+,13+,14+,15-/m0/s1. The van der Waals surface area contributed by atoms with Gasteiger partial charge in [0.15, 0.2) is 12.4 Å². The van der Waals surface area contributed by atoms with Crippen molar-refractivity contribution in [3.05, 3.63) is 29.8 Å². The van der Waals surface area contributed by atoms with Crippen molar-refractivity contribution in [1.82, 2.24) is 0 Å². The largest absolute Gasteiger partial charge is 0.387 e. The van der Waals surface area contributed by atoms with E-state index in [2.05, 4.69) is 0 Å². The Kier molecular flexibility index (Phi) is 3.81. The molecule has 0 saturated carbocycles. The number of hydrogen-bond donors (Lipinski definition) is 1. The summed E-state index contributed by atoms with van der Waals surface area (Å²) in [5.74, 6) is -0.301. The first-order valence-electron chi connectivity index (χ1n) is 7.21. The van der Waals surface area contributed by atoms with Gasteiger partial charge in [0.1, 0.15) is 0 Å². The Balaban J connectivity index is 1.89. The monoisotopic (exact) mass is 328 g/mol. The predicted molar refractivity (Wildman–Crippen MR) is 77.6 cm³/mol. The van der Waals surface area contributed by atoms with E-state index in [1.165, 1.54) is 12.1 Å². The first-order chi connectivity index (χ1) is 10.2. The molecule has 0 spiro atoms. The van der Waals surface area contributed by atoms with E-state index in [1.54, 1.807) is 26.0 Å². The van der Waals surface area contributed by atoms with Gasteiger partial charge in [-0.2, -0.15) is 8.42 Å². The summed E-state index contributed by atoms with van der Waals surface area (Å²) in [4.78, 5) is 0.0432. The zero-order valence-electron chi connectivity index (χ0n) is 12.7. The van der Waals surface area contributed by atoms with Gasteiger partial charge in [0, 0.05) is 5.92 Å². The maximum atomic E-state index is 12.4. The second-order valence-corrected chi connectivity index (χ2v) is 7.75. The summed E-state index contributed by atoms with van der Waals surface area (Å²) in [6, 6.07) is 6.34. The second kappa shape index (κ2) is 5.28. The summed E-state index contributed by atoms with van der Waals surface area (Å²) in [5, 5.41) is 10.7. The number of fused-ring (bicyclic) bond motifs is 2. The van der Waals surface area contributed by atoms with Gasteiger partial charge >= 0.3 is 0 Å². The molecule has 1 aromatic carbocycles. The topological polar surface area (TPSA) is 82.1 Å². The first-order valence-corrected chi connectivity index (χ1v) is 8.62. The number of rotatable bonds is 3. The third-order valence-corrected chi connectivity index (χ3v) is 5.89.